The lowest BCUT2D eigenvalue weighted by atomic mass is 10.0. The van der Waals surface area contributed by atoms with Crippen LogP contribution in [0.2, 0.25) is 0 Å². The molecule has 0 aliphatic carbocycles. The molecule has 1 unspecified atom stereocenters. The van der Waals surface area contributed by atoms with E-state index in [4.69, 9.17) is 15.3 Å². The fraction of sp³-hybridized carbons (Fsp3) is 0.241. The van der Waals surface area contributed by atoms with Crippen molar-refractivity contribution in [3.05, 3.63) is 93.5 Å². The van der Waals surface area contributed by atoms with Crippen molar-refractivity contribution < 1.29 is 33.5 Å². The molecule has 44 heavy (non-hydrogen) atoms. The summed E-state index contributed by atoms with van der Waals surface area (Å²) < 4.78 is 10.6. The number of hydrogen-bond acceptors (Lipinski definition) is 13. The summed E-state index contributed by atoms with van der Waals surface area (Å²) in [7, 11) is 1.18. The minimum atomic E-state index is -0.973. The molecule has 0 spiro atoms. The number of hydrogen-bond donors (Lipinski definition) is 2. The van der Waals surface area contributed by atoms with Crippen molar-refractivity contribution in [1.29, 1.82) is 0 Å². The maximum absolute atomic E-state index is 13.8. The lowest BCUT2D eigenvalue weighted by Gasteiger charge is -2.49. The van der Waals surface area contributed by atoms with E-state index in [0.717, 1.165) is 22.5 Å². The fourth-order valence-corrected chi connectivity index (χ4v) is 7.30. The molecular weight excluding hydrogens is 627 g/mol. The lowest BCUT2D eigenvalue weighted by molar-refractivity contribution is -0.154. The Morgan fingerprint density at radius 1 is 1.14 bits per heavy atom. The molecule has 2 atom stereocenters. The normalized spacial score (nSPS) is 17.9. The van der Waals surface area contributed by atoms with E-state index in [1.165, 1.54) is 40.9 Å². The van der Waals surface area contributed by atoms with Crippen molar-refractivity contribution in [2.75, 3.05) is 31.5 Å². The number of rotatable bonds is 11. The molecule has 3 aromatic rings. The summed E-state index contributed by atoms with van der Waals surface area (Å²) in [6, 6.07) is 17.7. The number of anilines is 1. The van der Waals surface area contributed by atoms with Crippen LogP contribution in [0.3, 0.4) is 0 Å². The number of oxime groups is 1. The van der Waals surface area contributed by atoms with Crippen LogP contribution in [-0.2, 0) is 33.5 Å². The molecular formula is C29H27N5O7S3. The van der Waals surface area contributed by atoms with Gasteiger partial charge in [0.1, 0.15) is 22.8 Å². The Balaban J connectivity index is 1.35. The largest absolute Gasteiger partial charge is 0.466 e. The highest BCUT2D eigenvalue weighted by molar-refractivity contribution is 8.05. The fourth-order valence-electron chi connectivity index (χ4n) is 4.50. The number of ether oxygens (including phenoxy) is 2. The molecule has 2 amide bonds. The zero-order valence-corrected chi connectivity index (χ0v) is 25.9. The molecule has 228 valence electrons. The van der Waals surface area contributed by atoms with E-state index < -0.39 is 47.9 Å². The van der Waals surface area contributed by atoms with Crippen LogP contribution in [0.25, 0.3) is 0 Å². The van der Waals surface area contributed by atoms with Gasteiger partial charge in [-0.15, -0.1) is 34.9 Å². The molecule has 1 aromatic heterocycles. The van der Waals surface area contributed by atoms with Gasteiger partial charge in [-0.05, 0) is 17.4 Å². The van der Waals surface area contributed by atoms with Crippen LogP contribution in [0.4, 0.5) is 5.13 Å². The number of nitrogens with one attached hydrogen (secondary N) is 1. The molecule has 3 N–H and O–H groups in total. The standard InChI is InChI=1S/C29H27N5O7S3/c1-39-20(35)13-40-33-21(18-14-44-29(30)31-18)25(36)32-22-26(37)34-23(19(42-2)15-43-27(22)34)28(38)41-24(16-9-5-3-6-10-16)17-11-7-4-8-12-17/h3-12,14,22,24,27H,13,15H2,1-2H3,(H2,30,31)(H,32,36)/t22?,27-/m0/s1. The number of fused-ring (bicyclic) bond motifs is 1. The predicted octanol–water partition coefficient (Wildman–Crippen LogP) is 2.93. The van der Waals surface area contributed by atoms with Crippen molar-refractivity contribution in [3.63, 3.8) is 0 Å². The molecule has 12 nitrogen and oxygen atoms in total. The van der Waals surface area contributed by atoms with Gasteiger partial charge in [0.2, 0.25) is 6.61 Å². The topological polar surface area (TPSA) is 163 Å². The van der Waals surface area contributed by atoms with Gasteiger partial charge in [-0.3, -0.25) is 14.5 Å². The quantitative estimate of drug-likeness (QED) is 0.135. The van der Waals surface area contributed by atoms with Gasteiger partial charge < -0.3 is 25.4 Å². The number of nitrogens with two attached hydrogens (primary N) is 1. The van der Waals surface area contributed by atoms with Crippen molar-refractivity contribution >= 4 is 69.5 Å². The van der Waals surface area contributed by atoms with Gasteiger partial charge in [0, 0.05) is 16.0 Å². The molecule has 0 bridgehead atoms. The van der Waals surface area contributed by atoms with Crippen molar-refractivity contribution in [3.8, 4) is 0 Å². The summed E-state index contributed by atoms with van der Waals surface area (Å²) in [5.41, 5.74) is 7.28. The molecule has 1 saturated heterocycles. The van der Waals surface area contributed by atoms with Gasteiger partial charge in [-0.25, -0.2) is 14.6 Å². The number of esters is 2. The SMILES string of the molecule is COC(=O)CON=C(C(=O)NC1C(=O)N2C(C(=O)OC(c3ccccc3)c3ccccc3)=C(SC)CS[C@@H]12)c1csc(N)n1. The Bertz CT molecular complexity index is 1570. The maximum atomic E-state index is 13.8. The number of β-lactam (4-membered cyclic amide) rings is 1. The molecule has 3 heterocycles. The van der Waals surface area contributed by atoms with Crippen LogP contribution in [0.15, 0.2) is 81.8 Å². The van der Waals surface area contributed by atoms with Gasteiger partial charge in [0.15, 0.2) is 16.9 Å². The summed E-state index contributed by atoms with van der Waals surface area (Å²) in [5, 5.41) is 7.55. The Kier molecular flexibility index (Phi) is 9.87. The third-order valence-electron chi connectivity index (χ3n) is 6.63. The second-order valence-electron chi connectivity index (χ2n) is 9.30. The average Bonchev–Trinajstić information content (AvgIpc) is 3.49. The second kappa shape index (κ2) is 14.0. The van der Waals surface area contributed by atoms with E-state index in [0.29, 0.717) is 10.7 Å². The summed E-state index contributed by atoms with van der Waals surface area (Å²) >= 11 is 3.85. The first-order valence-electron chi connectivity index (χ1n) is 13.1. The Morgan fingerprint density at radius 3 is 2.36 bits per heavy atom. The third-order valence-corrected chi connectivity index (χ3v) is 9.60. The molecule has 0 radical (unpaired) electrons. The smallest absolute Gasteiger partial charge is 0.356 e. The second-order valence-corrected chi connectivity index (χ2v) is 12.2. The van der Waals surface area contributed by atoms with Gasteiger partial charge in [-0.1, -0.05) is 65.8 Å². The first-order valence-corrected chi connectivity index (χ1v) is 16.3. The number of thiazole rings is 1. The zero-order valence-electron chi connectivity index (χ0n) is 23.5. The average molecular weight is 654 g/mol. The van der Waals surface area contributed by atoms with E-state index in [9.17, 15) is 19.2 Å². The maximum Gasteiger partial charge on any atom is 0.356 e. The van der Waals surface area contributed by atoms with Crippen molar-refractivity contribution in [2.24, 2.45) is 5.16 Å². The number of thioether (sulfide) groups is 2. The number of nitrogen functional groups attached to an aromatic ring is 1. The first kappa shape index (κ1) is 31.1. The number of nitrogens with zero attached hydrogens (tertiary/aromatic N) is 3. The minimum Gasteiger partial charge on any atom is -0.466 e. The van der Waals surface area contributed by atoms with Crippen molar-refractivity contribution in [2.45, 2.75) is 17.5 Å². The number of amides is 2. The van der Waals surface area contributed by atoms with Crippen LogP contribution in [0.1, 0.15) is 22.9 Å². The van der Waals surface area contributed by atoms with Gasteiger partial charge >= 0.3 is 11.9 Å². The van der Waals surface area contributed by atoms with Crippen LogP contribution >= 0.6 is 34.9 Å². The van der Waals surface area contributed by atoms with Gasteiger partial charge in [-0.2, -0.15) is 0 Å². The first-order chi connectivity index (χ1) is 21.3. The lowest BCUT2D eigenvalue weighted by Crippen LogP contribution is -2.71. The van der Waals surface area contributed by atoms with Crippen LogP contribution in [-0.4, -0.2) is 76.5 Å². The van der Waals surface area contributed by atoms with Gasteiger partial charge in [0.05, 0.1) is 7.11 Å². The molecule has 2 aliphatic rings. The monoisotopic (exact) mass is 653 g/mol. The highest BCUT2D eigenvalue weighted by Crippen LogP contribution is 2.44. The van der Waals surface area contributed by atoms with Crippen LogP contribution < -0.4 is 11.1 Å². The number of aromatic nitrogens is 1. The number of benzene rings is 2. The molecule has 1 fully saturated rings. The van der Waals surface area contributed by atoms with E-state index in [1.54, 1.807) is 0 Å². The third kappa shape index (κ3) is 6.59. The summed E-state index contributed by atoms with van der Waals surface area (Å²) in [4.78, 5) is 63.2. The highest BCUT2D eigenvalue weighted by atomic mass is 32.2. The summed E-state index contributed by atoms with van der Waals surface area (Å²) in [6.45, 7) is -0.539. The molecule has 2 aromatic carbocycles. The highest BCUT2D eigenvalue weighted by Gasteiger charge is 2.55. The Hall–Kier alpha value is -4.34. The van der Waals surface area contributed by atoms with Gasteiger partial charge in [0.25, 0.3) is 11.8 Å². The zero-order chi connectivity index (χ0) is 31.2. The van der Waals surface area contributed by atoms with Crippen molar-refractivity contribution in [1.82, 2.24) is 15.2 Å². The van der Waals surface area contributed by atoms with Crippen LogP contribution in [0.5, 0.6) is 0 Å². The minimum absolute atomic E-state index is 0.108. The molecule has 2 aliphatic heterocycles. The van der Waals surface area contributed by atoms with E-state index >= 15 is 0 Å². The number of carbonyl (C=O) groups is 4. The predicted molar refractivity (Wildman–Crippen MR) is 167 cm³/mol. The van der Waals surface area contributed by atoms with E-state index in [2.05, 4.69) is 20.2 Å². The summed E-state index contributed by atoms with van der Waals surface area (Å²) in [6.07, 6.45) is 1.13. The van der Waals surface area contributed by atoms with Crippen LogP contribution in [0, 0.1) is 0 Å². The molecule has 5 rings (SSSR count). The number of methoxy groups -OCH3 is 1. The Morgan fingerprint density at radius 2 is 1.80 bits per heavy atom. The summed E-state index contributed by atoms with van der Waals surface area (Å²) in [5.74, 6) is -2.17. The van der Waals surface area contributed by atoms with E-state index in [-0.39, 0.29) is 22.2 Å². The Labute approximate surface area is 265 Å². The molecule has 0 saturated carbocycles. The molecule has 15 heteroatoms. The number of carbonyl (C=O) groups excluding carboxylic acids is 4. The van der Waals surface area contributed by atoms with E-state index in [1.807, 2.05) is 66.9 Å².